The van der Waals surface area contributed by atoms with Crippen molar-refractivity contribution in [1.82, 2.24) is 0 Å². The summed E-state index contributed by atoms with van der Waals surface area (Å²) >= 11 is 0. The van der Waals surface area contributed by atoms with Crippen LogP contribution < -0.4 is 0 Å². The first-order valence-electron chi connectivity index (χ1n) is 16.0. The van der Waals surface area contributed by atoms with Crippen LogP contribution in [-0.2, 0) is 38.9 Å². The lowest BCUT2D eigenvalue weighted by atomic mass is 9.92. The average molecular weight is 690 g/mol. The number of alkyl halides is 3. The summed E-state index contributed by atoms with van der Waals surface area (Å²) in [4.78, 5) is 23.0. The van der Waals surface area contributed by atoms with E-state index in [9.17, 15) is 36.5 Å². The average Bonchev–Trinajstić information content (AvgIpc) is 3.04. The minimum absolute atomic E-state index is 0.191. The Bertz CT molecular complexity index is 1330. The Morgan fingerprint density at radius 3 is 1.96 bits per heavy atom. The van der Waals surface area contributed by atoms with Crippen molar-refractivity contribution in [1.29, 1.82) is 0 Å². The first-order chi connectivity index (χ1) is 22.4. The number of benzene rings is 2. The lowest BCUT2D eigenvalue weighted by Gasteiger charge is -2.33. The van der Waals surface area contributed by atoms with Crippen LogP contribution in [0, 0.1) is 10.1 Å². The fraction of sp³-hybridized carbons (Fsp3) is 0.606. The second-order valence-electron chi connectivity index (χ2n) is 11.2. The first-order valence-corrected chi connectivity index (χ1v) is 17.4. The van der Waals surface area contributed by atoms with Crippen molar-refractivity contribution in [3.05, 3.63) is 70.3 Å². The molecule has 0 unspecified atom stereocenters. The SMILES string of the molecule is CCCCCCCCCCCCCCOC[C@H](COS(=O)(=O)c1cccc([N+](=O)[O-])c1)OC(=O)[C@](OC)(c1ccccc1)C(F)(F)F. The van der Waals surface area contributed by atoms with Crippen LogP contribution in [0.5, 0.6) is 0 Å². The maximum Gasteiger partial charge on any atom is 0.432 e. The Morgan fingerprint density at radius 1 is 0.851 bits per heavy atom. The third kappa shape index (κ3) is 12.8. The monoisotopic (exact) mass is 689 g/mol. The molecule has 0 saturated carbocycles. The van der Waals surface area contributed by atoms with Crippen molar-refractivity contribution >= 4 is 21.8 Å². The molecule has 0 spiro atoms. The van der Waals surface area contributed by atoms with Crippen molar-refractivity contribution in [3.63, 3.8) is 0 Å². The van der Waals surface area contributed by atoms with E-state index in [-0.39, 0.29) is 6.61 Å². The van der Waals surface area contributed by atoms with Gasteiger partial charge in [0.05, 0.1) is 11.5 Å². The topological polar surface area (TPSA) is 131 Å². The summed E-state index contributed by atoms with van der Waals surface area (Å²) in [6, 6.07) is 10.2. The molecule has 2 rings (SSSR count). The molecular formula is C33H46F3NO9S. The summed E-state index contributed by atoms with van der Waals surface area (Å²) in [5.41, 5.74) is -4.57. The van der Waals surface area contributed by atoms with Crippen LogP contribution in [-0.4, -0.2) is 58.5 Å². The van der Waals surface area contributed by atoms with Gasteiger partial charge < -0.3 is 14.2 Å². The maximum absolute atomic E-state index is 14.4. The van der Waals surface area contributed by atoms with E-state index >= 15 is 0 Å². The van der Waals surface area contributed by atoms with Crippen molar-refractivity contribution in [2.75, 3.05) is 26.9 Å². The van der Waals surface area contributed by atoms with Gasteiger partial charge in [0.1, 0.15) is 17.6 Å². The third-order valence-corrected chi connectivity index (χ3v) is 8.90. The molecule has 0 N–H and O–H groups in total. The minimum Gasteiger partial charge on any atom is -0.455 e. The quantitative estimate of drug-likeness (QED) is 0.0353. The number of carbonyl (C=O) groups is 1. The maximum atomic E-state index is 14.4. The largest absolute Gasteiger partial charge is 0.455 e. The summed E-state index contributed by atoms with van der Waals surface area (Å²) in [5.74, 6) is -1.84. The number of halogens is 3. The van der Waals surface area contributed by atoms with Gasteiger partial charge in [-0.2, -0.15) is 21.6 Å². The van der Waals surface area contributed by atoms with E-state index in [1.54, 1.807) is 0 Å². The number of carbonyl (C=O) groups excluding carboxylic acids is 1. The highest BCUT2D eigenvalue weighted by Crippen LogP contribution is 2.43. The molecule has 0 aliphatic heterocycles. The fourth-order valence-corrected chi connectivity index (χ4v) is 5.96. The lowest BCUT2D eigenvalue weighted by molar-refractivity contribution is -0.385. The molecule has 0 fully saturated rings. The Labute approximate surface area is 275 Å². The van der Waals surface area contributed by atoms with Gasteiger partial charge in [-0.05, 0) is 12.5 Å². The molecule has 0 heterocycles. The van der Waals surface area contributed by atoms with Gasteiger partial charge in [0.15, 0.2) is 0 Å². The van der Waals surface area contributed by atoms with Crippen LogP contribution in [0.4, 0.5) is 18.9 Å². The number of unbranched alkanes of at least 4 members (excludes halogenated alkanes) is 11. The summed E-state index contributed by atoms with van der Waals surface area (Å²) in [6.45, 7) is 1.00. The van der Waals surface area contributed by atoms with E-state index in [1.165, 1.54) is 63.1 Å². The Kier molecular flexibility index (Phi) is 17.3. The molecule has 0 saturated heterocycles. The van der Waals surface area contributed by atoms with Crippen LogP contribution in [0.15, 0.2) is 59.5 Å². The van der Waals surface area contributed by atoms with E-state index in [0.29, 0.717) is 13.5 Å². The van der Waals surface area contributed by atoms with Gasteiger partial charge in [0, 0.05) is 31.4 Å². The Hall–Kier alpha value is -3.07. The molecule has 2 aromatic carbocycles. The molecule has 2 atom stereocenters. The molecule has 0 aliphatic carbocycles. The molecule has 0 aromatic heterocycles. The van der Waals surface area contributed by atoms with Crippen LogP contribution in [0.25, 0.3) is 0 Å². The molecule has 2 aromatic rings. The Balaban J connectivity index is 2.03. The number of nitro benzene ring substituents is 1. The van der Waals surface area contributed by atoms with Gasteiger partial charge >= 0.3 is 12.1 Å². The number of hydrogen-bond acceptors (Lipinski definition) is 9. The van der Waals surface area contributed by atoms with Crippen molar-refractivity contribution in [3.8, 4) is 0 Å². The van der Waals surface area contributed by atoms with Gasteiger partial charge in [0.2, 0.25) is 0 Å². The molecule has 0 aliphatic rings. The van der Waals surface area contributed by atoms with Crippen LogP contribution >= 0.6 is 0 Å². The van der Waals surface area contributed by atoms with E-state index < -0.39 is 68.3 Å². The first kappa shape index (κ1) is 40.1. The summed E-state index contributed by atoms with van der Waals surface area (Å²) in [7, 11) is -3.92. The second kappa shape index (κ2) is 20.3. The van der Waals surface area contributed by atoms with Gasteiger partial charge in [-0.25, -0.2) is 4.79 Å². The van der Waals surface area contributed by atoms with Gasteiger partial charge in [-0.15, -0.1) is 0 Å². The smallest absolute Gasteiger partial charge is 0.432 e. The normalized spacial score (nSPS) is 14.0. The highest BCUT2D eigenvalue weighted by Gasteiger charge is 2.64. The standard InChI is InChI=1S/C33H46F3NO9S/c1-3-4-5-6-7-8-9-10-11-12-13-17-23-44-25-29(26-45-47(41,42)30-22-18-21-28(24-30)37(39)40)46-31(38)32(43-2,33(34,35)36)27-19-15-14-16-20-27/h14-16,18-22,24,29H,3-13,17,23,25-26H2,1-2H3/t29-,32-/m1/s1. The zero-order valence-corrected chi connectivity index (χ0v) is 27.9. The minimum atomic E-state index is -5.25. The summed E-state index contributed by atoms with van der Waals surface area (Å²) in [5, 5.41) is 11.1. The highest BCUT2D eigenvalue weighted by atomic mass is 32.2. The molecule has 0 radical (unpaired) electrons. The fourth-order valence-electron chi connectivity index (χ4n) is 4.98. The molecule has 14 heteroatoms. The number of non-ortho nitro benzene ring substituents is 1. The lowest BCUT2D eigenvalue weighted by Crippen LogP contribution is -2.53. The van der Waals surface area contributed by atoms with Gasteiger partial charge in [-0.1, -0.05) is 114 Å². The highest BCUT2D eigenvalue weighted by molar-refractivity contribution is 7.86. The number of rotatable bonds is 24. The van der Waals surface area contributed by atoms with Crippen LogP contribution in [0.2, 0.25) is 0 Å². The van der Waals surface area contributed by atoms with E-state index in [2.05, 4.69) is 6.92 Å². The predicted molar refractivity (Wildman–Crippen MR) is 169 cm³/mol. The number of ether oxygens (including phenoxy) is 3. The summed E-state index contributed by atoms with van der Waals surface area (Å²) in [6.07, 6.45) is 6.62. The zero-order valence-electron chi connectivity index (χ0n) is 27.0. The van der Waals surface area contributed by atoms with Gasteiger partial charge in [-0.3, -0.25) is 14.3 Å². The number of hydrogen-bond donors (Lipinski definition) is 0. The van der Waals surface area contributed by atoms with Crippen molar-refractivity contribution in [2.45, 2.75) is 107 Å². The molecule has 0 amide bonds. The van der Waals surface area contributed by atoms with Crippen molar-refractivity contribution < 1.29 is 49.7 Å². The number of nitro groups is 1. The van der Waals surface area contributed by atoms with E-state index in [1.807, 2.05) is 0 Å². The number of nitrogens with zero attached hydrogens (tertiary/aromatic N) is 1. The number of methoxy groups -OCH3 is 1. The molecule has 0 bridgehead atoms. The van der Waals surface area contributed by atoms with E-state index in [4.69, 9.17) is 18.4 Å². The molecule has 47 heavy (non-hydrogen) atoms. The van der Waals surface area contributed by atoms with Crippen molar-refractivity contribution in [2.24, 2.45) is 0 Å². The van der Waals surface area contributed by atoms with E-state index in [0.717, 1.165) is 62.1 Å². The molecule has 10 nitrogen and oxygen atoms in total. The second-order valence-corrected chi connectivity index (χ2v) is 12.8. The predicted octanol–water partition coefficient (Wildman–Crippen LogP) is 8.03. The third-order valence-electron chi connectivity index (χ3n) is 7.62. The summed E-state index contributed by atoms with van der Waals surface area (Å²) < 4.78 is 89.4. The molecule has 264 valence electrons. The van der Waals surface area contributed by atoms with Crippen LogP contribution in [0.1, 0.15) is 89.5 Å². The van der Waals surface area contributed by atoms with Crippen LogP contribution in [0.3, 0.4) is 0 Å². The van der Waals surface area contributed by atoms with Gasteiger partial charge in [0.25, 0.3) is 21.4 Å². The Morgan fingerprint density at radius 2 is 1.43 bits per heavy atom. The molecular weight excluding hydrogens is 643 g/mol. The zero-order chi connectivity index (χ0) is 34.8. The number of esters is 1.